The molecule has 1 aliphatic heterocycles. The quantitative estimate of drug-likeness (QED) is 0.837. The Morgan fingerprint density at radius 3 is 2.79 bits per heavy atom. The molecule has 1 heterocycles. The predicted octanol–water partition coefficient (Wildman–Crippen LogP) is 1.99. The van der Waals surface area contributed by atoms with Crippen molar-refractivity contribution in [2.75, 3.05) is 19.6 Å². The molecule has 132 valence electrons. The van der Waals surface area contributed by atoms with E-state index in [0.29, 0.717) is 31.6 Å². The number of hydrogen-bond donors (Lipinski definition) is 2. The Hall–Kier alpha value is -1.88. The van der Waals surface area contributed by atoms with Crippen molar-refractivity contribution in [2.45, 2.75) is 45.6 Å². The van der Waals surface area contributed by atoms with Crippen LogP contribution in [0.25, 0.3) is 0 Å². The first-order valence-electron chi connectivity index (χ1n) is 8.68. The summed E-state index contributed by atoms with van der Waals surface area (Å²) in [4.78, 5) is 26.3. The molecule has 1 saturated heterocycles. The minimum Gasteiger partial charge on any atom is -0.390 e. The van der Waals surface area contributed by atoms with Crippen LogP contribution in [-0.4, -0.2) is 47.1 Å². The van der Waals surface area contributed by atoms with Gasteiger partial charge in [0.25, 0.3) is 5.91 Å². The van der Waals surface area contributed by atoms with Gasteiger partial charge in [-0.15, -0.1) is 0 Å². The van der Waals surface area contributed by atoms with E-state index in [2.05, 4.69) is 5.32 Å². The first kappa shape index (κ1) is 18.5. The largest absolute Gasteiger partial charge is 0.390 e. The summed E-state index contributed by atoms with van der Waals surface area (Å²) in [6, 6.07) is 7.57. The van der Waals surface area contributed by atoms with Crippen LogP contribution in [0.2, 0.25) is 0 Å². The molecule has 1 aromatic rings. The molecule has 0 bridgehead atoms. The normalized spacial score (nSPS) is 17.8. The maximum absolute atomic E-state index is 12.7. The van der Waals surface area contributed by atoms with Gasteiger partial charge in [0.2, 0.25) is 5.91 Å². The Morgan fingerprint density at radius 1 is 1.38 bits per heavy atom. The molecule has 1 unspecified atom stereocenters. The number of nitrogens with one attached hydrogen (secondary N) is 1. The van der Waals surface area contributed by atoms with Crippen molar-refractivity contribution in [3.05, 3.63) is 35.4 Å². The number of amides is 2. The fourth-order valence-corrected chi connectivity index (χ4v) is 2.97. The van der Waals surface area contributed by atoms with E-state index in [-0.39, 0.29) is 17.7 Å². The molecule has 2 amide bonds. The lowest BCUT2D eigenvalue weighted by atomic mass is 9.98. The van der Waals surface area contributed by atoms with E-state index in [1.165, 1.54) is 0 Å². The summed E-state index contributed by atoms with van der Waals surface area (Å²) in [5.74, 6) is -0.0918. The zero-order chi connectivity index (χ0) is 17.7. The molecule has 0 aromatic heterocycles. The minimum atomic E-state index is -0.713. The molecular weight excluding hydrogens is 304 g/mol. The number of carbonyl (C=O) groups excluding carboxylic acids is 2. The van der Waals surface area contributed by atoms with E-state index in [1.807, 2.05) is 31.2 Å². The highest BCUT2D eigenvalue weighted by Gasteiger charge is 2.31. The second-order valence-corrected chi connectivity index (χ2v) is 7.14. The van der Waals surface area contributed by atoms with Crippen molar-refractivity contribution in [3.8, 4) is 0 Å². The van der Waals surface area contributed by atoms with Crippen LogP contribution in [0.3, 0.4) is 0 Å². The van der Waals surface area contributed by atoms with E-state index in [1.54, 1.807) is 18.7 Å². The summed E-state index contributed by atoms with van der Waals surface area (Å²) in [6.07, 6.45) is 2.09. The highest BCUT2D eigenvalue weighted by molar-refractivity contribution is 5.95. The fraction of sp³-hybridized carbons (Fsp3) is 0.579. The van der Waals surface area contributed by atoms with E-state index in [9.17, 15) is 14.7 Å². The number of likely N-dealkylation sites (tertiary alicyclic amines) is 1. The van der Waals surface area contributed by atoms with Gasteiger partial charge in [0.05, 0.1) is 11.5 Å². The second kappa shape index (κ2) is 7.79. The molecule has 1 atom stereocenters. The van der Waals surface area contributed by atoms with Crippen LogP contribution < -0.4 is 5.32 Å². The number of hydrogen-bond acceptors (Lipinski definition) is 3. The van der Waals surface area contributed by atoms with Crippen molar-refractivity contribution >= 4 is 11.8 Å². The van der Waals surface area contributed by atoms with Crippen molar-refractivity contribution in [2.24, 2.45) is 5.92 Å². The molecule has 0 saturated carbocycles. The molecule has 5 heteroatoms. The summed E-state index contributed by atoms with van der Waals surface area (Å²) in [5, 5.41) is 12.7. The number of aliphatic hydroxyl groups is 1. The molecule has 1 aliphatic rings. The lowest BCUT2D eigenvalue weighted by Crippen LogP contribution is -2.34. The lowest BCUT2D eigenvalue weighted by molar-refractivity contribution is -0.124. The summed E-state index contributed by atoms with van der Waals surface area (Å²) in [6.45, 7) is 7.19. The van der Waals surface area contributed by atoms with Gasteiger partial charge in [0, 0.05) is 25.2 Å². The zero-order valence-corrected chi connectivity index (χ0v) is 14.8. The molecule has 0 spiro atoms. The average molecular weight is 332 g/mol. The average Bonchev–Trinajstić information content (AvgIpc) is 3.02. The highest BCUT2D eigenvalue weighted by atomic mass is 16.3. The van der Waals surface area contributed by atoms with Gasteiger partial charge in [-0.05, 0) is 57.7 Å². The Balaban J connectivity index is 1.99. The smallest absolute Gasteiger partial charge is 0.253 e. The topological polar surface area (TPSA) is 69.6 Å². The van der Waals surface area contributed by atoms with Gasteiger partial charge in [-0.2, -0.15) is 0 Å². The van der Waals surface area contributed by atoms with Gasteiger partial charge >= 0.3 is 0 Å². The molecular formula is C19H28N2O3. The zero-order valence-electron chi connectivity index (χ0n) is 14.8. The third-order valence-corrected chi connectivity index (χ3v) is 4.40. The van der Waals surface area contributed by atoms with Crippen LogP contribution in [0.4, 0.5) is 0 Å². The van der Waals surface area contributed by atoms with E-state index in [4.69, 9.17) is 0 Å². The Bertz CT molecular complexity index is 593. The van der Waals surface area contributed by atoms with Gasteiger partial charge in [-0.3, -0.25) is 9.59 Å². The standard InChI is InChI=1S/C19H28N2O3/c1-4-20-17(22)16-9-11-21(13-16)18(23)15-7-5-6-14(12-15)8-10-19(2,3)24/h5-7,12,16,24H,4,8-11,13H2,1-3H3,(H,20,22). The minimum absolute atomic E-state index is 0.0214. The van der Waals surface area contributed by atoms with Gasteiger partial charge in [0.1, 0.15) is 0 Å². The Kier molecular flexibility index (Phi) is 5.99. The Labute approximate surface area is 144 Å². The van der Waals surface area contributed by atoms with Crippen molar-refractivity contribution < 1.29 is 14.7 Å². The van der Waals surface area contributed by atoms with Gasteiger partial charge in [-0.1, -0.05) is 12.1 Å². The second-order valence-electron chi connectivity index (χ2n) is 7.14. The fourth-order valence-electron chi connectivity index (χ4n) is 2.97. The van der Waals surface area contributed by atoms with E-state index >= 15 is 0 Å². The third kappa shape index (κ3) is 5.06. The molecule has 5 nitrogen and oxygen atoms in total. The molecule has 1 fully saturated rings. The lowest BCUT2D eigenvalue weighted by Gasteiger charge is -2.18. The Morgan fingerprint density at radius 2 is 2.12 bits per heavy atom. The predicted molar refractivity (Wildman–Crippen MR) is 93.8 cm³/mol. The monoisotopic (exact) mass is 332 g/mol. The number of carbonyl (C=O) groups is 2. The first-order valence-corrected chi connectivity index (χ1v) is 8.68. The van der Waals surface area contributed by atoms with Crippen LogP contribution in [0.1, 0.15) is 49.5 Å². The van der Waals surface area contributed by atoms with Crippen molar-refractivity contribution in [1.82, 2.24) is 10.2 Å². The van der Waals surface area contributed by atoms with Crippen LogP contribution in [0.5, 0.6) is 0 Å². The first-order chi connectivity index (χ1) is 11.3. The summed E-state index contributed by atoms with van der Waals surface area (Å²) < 4.78 is 0. The van der Waals surface area contributed by atoms with Gasteiger partial charge in [-0.25, -0.2) is 0 Å². The maximum atomic E-state index is 12.7. The number of aryl methyl sites for hydroxylation is 1. The van der Waals surface area contributed by atoms with Gasteiger partial charge < -0.3 is 15.3 Å². The number of nitrogens with zero attached hydrogens (tertiary/aromatic N) is 1. The van der Waals surface area contributed by atoms with E-state index < -0.39 is 5.60 Å². The SMILES string of the molecule is CCNC(=O)C1CCN(C(=O)c2cccc(CCC(C)(C)O)c2)C1. The highest BCUT2D eigenvalue weighted by Crippen LogP contribution is 2.20. The summed E-state index contributed by atoms with van der Waals surface area (Å²) in [5.41, 5.74) is 0.983. The molecule has 0 radical (unpaired) electrons. The number of rotatable bonds is 6. The molecule has 0 aliphatic carbocycles. The van der Waals surface area contributed by atoms with Crippen molar-refractivity contribution in [1.29, 1.82) is 0 Å². The van der Waals surface area contributed by atoms with Gasteiger partial charge in [0.15, 0.2) is 0 Å². The molecule has 2 rings (SSSR count). The van der Waals surface area contributed by atoms with E-state index in [0.717, 1.165) is 18.4 Å². The molecule has 2 N–H and O–H groups in total. The molecule has 24 heavy (non-hydrogen) atoms. The third-order valence-electron chi connectivity index (χ3n) is 4.40. The van der Waals surface area contributed by atoms with Crippen molar-refractivity contribution in [3.63, 3.8) is 0 Å². The summed E-state index contributed by atoms with van der Waals surface area (Å²) in [7, 11) is 0. The van der Waals surface area contributed by atoms with Crippen LogP contribution in [0.15, 0.2) is 24.3 Å². The maximum Gasteiger partial charge on any atom is 0.253 e. The number of benzene rings is 1. The van der Waals surface area contributed by atoms with Crippen LogP contribution in [-0.2, 0) is 11.2 Å². The summed E-state index contributed by atoms with van der Waals surface area (Å²) >= 11 is 0. The van der Waals surface area contributed by atoms with Crippen LogP contribution >= 0.6 is 0 Å². The van der Waals surface area contributed by atoms with Crippen LogP contribution in [0, 0.1) is 5.92 Å². The molecule has 1 aromatic carbocycles.